The van der Waals surface area contributed by atoms with Gasteiger partial charge < -0.3 is 46.3 Å². The average Bonchev–Trinajstić information content (AvgIpc) is 3.82. The fraction of sp³-hybridized carbons (Fsp3) is 0.273. The molecule has 84 heavy (non-hydrogen) atoms. The number of hydrogen-bond donors (Lipinski definition) is 7. The zero-order chi connectivity index (χ0) is 64.1. The number of carboxylic acid groups (broad SMARTS) is 4. The third kappa shape index (κ3) is 38.0. The Morgan fingerprint density at radius 2 is 0.952 bits per heavy atom. The molecule has 0 unspecified atom stereocenters. The Labute approximate surface area is 498 Å². The van der Waals surface area contributed by atoms with Crippen LogP contribution in [0.4, 0.5) is 28.4 Å². The molecule has 1 saturated heterocycles. The molecule has 1 aliphatic carbocycles. The molecule has 7 rings (SSSR count). The van der Waals surface area contributed by atoms with Crippen LogP contribution in [0.25, 0.3) is 0 Å². The summed E-state index contributed by atoms with van der Waals surface area (Å²) in [5.74, 6) is -5.47. The molecule has 1 aliphatic heterocycles. The number of rotatable bonds is 14. The van der Waals surface area contributed by atoms with Crippen molar-refractivity contribution in [1.82, 2.24) is 0 Å². The normalized spacial score (nSPS) is 11.6. The molecule has 0 atom stereocenters. The van der Waals surface area contributed by atoms with Crippen LogP contribution in [0.5, 0.6) is 0 Å². The van der Waals surface area contributed by atoms with E-state index in [1.54, 1.807) is 42.5 Å². The number of anilines is 3. The number of ketones is 1. The molecule has 0 radical (unpaired) electrons. The molecule has 2 amide bonds. The van der Waals surface area contributed by atoms with Gasteiger partial charge >= 0.3 is 41.2 Å². The first-order chi connectivity index (χ1) is 39.2. The van der Waals surface area contributed by atoms with Crippen molar-refractivity contribution in [1.29, 1.82) is 0 Å². The van der Waals surface area contributed by atoms with Gasteiger partial charge in [-0.15, -0.1) is 0 Å². The van der Waals surface area contributed by atoms with Gasteiger partial charge in [0.1, 0.15) is 12.7 Å². The largest absolute Gasteiger partial charge is 0.643 e. The topological polar surface area (TPSA) is 406 Å². The summed E-state index contributed by atoms with van der Waals surface area (Å²) < 4.78 is 9.32. The summed E-state index contributed by atoms with van der Waals surface area (Å²) in [5.41, 5.74) is 12.6. The molecule has 450 valence electrons. The molecule has 25 nitrogen and oxygen atoms in total. The van der Waals surface area contributed by atoms with Crippen molar-refractivity contribution < 1.29 is 87.7 Å². The van der Waals surface area contributed by atoms with E-state index in [1.165, 1.54) is 64.1 Å². The van der Waals surface area contributed by atoms with E-state index in [2.05, 4.69) is 20.1 Å². The molecule has 1 heterocycles. The van der Waals surface area contributed by atoms with E-state index in [0.29, 0.717) is 48.9 Å². The molecule has 5 aromatic rings. The Hall–Kier alpha value is -8.80. The Kier molecular flexibility index (Phi) is 36.2. The Morgan fingerprint density at radius 3 is 1.30 bits per heavy atom. The summed E-state index contributed by atoms with van der Waals surface area (Å²) >= 11 is -1.72. The minimum Gasteiger partial charge on any atom is -0.481 e. The lowest BCUT2D eigenvalue weighted by atomic mass is 10.1. The number of halogens is 3. The zero-order valence-corrected chi connectivity index (χ0v) is 49.3. The molecule has 0 spiro atoms. The number of Topliss-reactive ketones (excluding diaryl/α,β-unsaturated/α-hetero) is 1. The predicted octanol–water partition coefficient (Wildman–Crippen LogP) is 9.73. The summed E-state index contributed by atoms with van der Waals surface area (Å²) in [5, 5.41) is 58.4. The van der Waals surface area contributed by atoms with Crippen LogP contribution in [-0.4, -0.2) is 107 Å². The van der Waals surface area contributed by atoms with Gasteiger partial charge in [0.05, 0.1) is 9.85 Å². The number of carboxylic acids is 4. The van der Waals surface area contributed by atoms with Gasteiger partial charge in [-0.05, 0) is 96.5 Å². The number of non-ortho nitro benzene ring substituents is 2. The standard InChI is InChI=1S/C11H13NO3.C11H11NO2.C9H9NO4.C9H11NO2.C7H5NO3.C6H8O4.C2H4O2.Al.3ClH/c1-8(13)12-10-5-2-9(3-6-10)4-7-11(14)15;1-7(13)12-9-4-2-8-3-5-11(14)10(8)6-9;11-9(12)6-3-7-1-4-8(5-2-7)10(13)14;10-8-4-1-7(2-5-8)3-6-9(11)12;9-5-6-1-3-7(4-2-6)8(10)11;1-6(2)9-4(7)3-5(8)10-6;1-2(3)4;;;;/h2-3,5-6H,4,7H2,1H3,(H,12,13)(H,14,15);2,4,6H,3,5H2,1H3,(H,12,13);1-2,4-5H,3,6H2,(H,11,12);1-2,4-5H,3,6,10H2,(H,11,12);1-5H;3H2,1-2H3;1H3,(H,3,4);;3*1H/q;;;;;;;+3;;;/p-3. The highest BCUT2D eigenvalue weighted by molar-refractivity contribution is 7.54. The van der Waals surface area contributed by atoms with Crippen LogP contribution in [0.2, 0.25) is 0 Å². The fourth-order valence-corrected chi connectivity index (χ4v) is 6.33. The van der Waals surface area contributed by atoms with Gasteiger partial charge in [0.25, 0.3) is 23.1 Å². The number of fused-ring (bicyclic) bond motifs is 1. The molecule has 29 heteroatoms. The number of carbonyl (C=O) groups excluding carboxylic acids is 6. The van der Waals surface area contributed by atoms with E-state index >= 15 is 0 Å². The summed E-state index contributed by atoms with van der Waals surface area (Å²) in [7, 11) is 14.8. The first-order valence-corrected chi connectivity index (χ1v) is 29.7. The maximum absolute atomic E-state index is 11.4. The Balaban J connectivity index is 0.000000962. The lowest BCUT2D eigenvalue weighted by molar-refractivity contribution is -0.385. The maximum Gasteiger partial charge on any atom is 0.643 e. The first kappa shape index (κ1) is 75.2. The van der Waals surface area contributed by atoms with Crippen LogP contribution in [-0.2, 0) is 73.5 Å². The number of aldehydes is 1. The lowest BCUT2D eigenvalue weighted by Gasteiger charge is -2.28. The molecular weight excluding hydrogens is 1180 g/mol. The highest BCUT2D eigenvalue weighted by Crippen LogP contribution is 2.25. The molecule has 0 aromatic heterocycles. The zero-order valence-electron chi connectivity index (χ0n) is 45.9. The van der Waals surface area contributed by atoms with Crippen molar-refractivity contribution in [2.45, 2.75) is 98.2 Å². The van der Waals surface area contributed by atoms with Crippen LogP contribution < -0.4 is 16.4 Å². The van der Waals surface area contributed by atoms with E-state index in [-0.39, 0.29) is 54.7 Å². The second kappa shape index (κ2) is 40.4. The lowest BCUT2D eigenvalue weighted by Crippen LogP contribution is -2.39. The van der Waals surface area contributed by atoms with Crippen LogP contribution in [0, 0.1) is 20.2 Å². The third-order valence-corrected chi connectivity index (χ3v) is 9.88. The minimum atomic E-state index is -1.72. The molecule has 8 N–H and O–H groups in total. The van der Waals surface area contributed by atoms with E-state index in [1.807, 2.05) is 36.4 Å². The number of ether oxygens (including phenoxy) is 2. The van der Waals surface area contributed by atoms with Gasteiger partial charge in [0.2, 0.25) is 11.8 Å². The van der Waals surface area contributed by atoms with Crippen molar-refractivity contribution in [3.63, 3.8) is 0 Å². The number of nitro groups is 2. The Bertz CT molecular complexity index is 3000. The number of nitro benzene ring substituents is 2. The van der Waals surface area contributed by atoms with Crippen LogP contribution in [0.15, 0.2) is 115 Å². The molecule has 1 fully saturated rings. The first-order valence-electron chi connectivity index (χ1n) is 24.5. The summed E-state index contributed by atoms with van der Waals surface area (Å²) in [6.45, 7) is 7.01. The van der Waals surface area contributed by atoms with Crippen molar-refractivity contribution in [2.75, 3.05) is 16.4 Å². The van der Waals surface area contributed by atoms with Gasteiger partial charge in [-0.1, -0.05) is 42.5 Å². The number of nitrogen functional groups attached to an aromatic ring is 1. The number of cyclic esters (lactones) is 2. The van der Waals surface area contributed by atoms with Crippen LogP contribution in [0.1, 0.15) is 110 Å². The van der Waals surface area contributed by atoms with Gasteiger partial charge in [-0.3, -0.25) is 68.2 Å². The number of aryl methyl sites for hydroxylation is 4. The smallest absolute Gasteiger partial charge is 0.481 e. The number of nitrogens with one attached hydrogen (secondary N) is 2. The van der Waals surface area contributed by atoms with Gasteiger partial charge in [0, 0.05) is 113 Å². The van der Waals surface area contributed by atoms with Gasteiger partial charge in [-0.25, -0.2) is 30.1 Å². The second-order valence-electron chi connectivity index (χ2n) is 17.5. The van der Waals surface area contributed by atoms with E-state index < -0.39 is 62.8 Å². The summed E-state index contributed by atoms with van der Waals surface area (Å²) in [6.07, 6.45) is 3.60. The predicted molar refractivity (Wildman–Crippen MR) is 312 cm³/mol. The van der Waals surface area contributed by atoms with Crippen molar-refractivity contribution in [3.05, 3.63) is 169 Å². The Morgan fingerprint density at radius 1 is 0.607 bits per heavy atom. The molecule has 5 aromatic carbocycles. The molecule has 0 saturated carbocycles. The van der Waals surface area contributed by atoms with Crippen molar-refractivity contribution >= 4 is 130 Å². The highest BCUT2D eigenvalue weighted by Gasteiger charge is 2.34. The van der Waals surface area contributed by atoms with Crippen molar-refractivity contribution in [2.24, 2.45) is 0 Å². The van der Waals surface area contributed by atoms with E-state index in [0.717, 1.165) is 46.8 Å². The van der Waals surface area contributed by atoms with Crippen molar-refractivity contribution in [3.8, 4) is 0 Å². The monoisotopic (exact) mass is 1240 g/mol. The number of esters is 2. The average molecular weight is 1250 g/mol. The molecule has 2 aliphatic rings. The van der Waals surface area contributed by atoms with Crippen LogP contribution >= 0.6 is 30.1 Å². The highest BCUT2D eigenvalue weighted by atomic mass is 35.8. The maximum atomic E-state index is 11.4. The minimum absolute atomic E-state index is 0.00407. The number of hydrogen-bond acceptors (Lipinski definition) is 17. The quantitative estimate of drug-likeness (QED) is 0.0103. The number of amides is 2. The number of aliphatic carboxylic acids is 4. The summed E-state index contributed by atoms with van der Waals surface area (Å²) in [6, 6.07) is 31.2. The van der Waals surface area contributed by atoms with E-state index in [9.17, 15) is 63.4 Å². The van der Waals surface area contributed by atoms with Gasteiger partial charge in [-0.2, -0.15) is 0 Å². The SMILES string of the molecule is CC(=O)Nc1ccc(CCC(=O)O)cc1.CC(=O)Nc1ccc2c(c1)C(=O)CC2.CC(=O)O.CC1(C)OC(=O)CC(=O)O1.Nc1ccc(CCC(=O)O)cc1.O=C(O)CCc1ccc([N+](=O)[O-])cc1.O=Cc1ccc([N+](=O)[O-])cc1.[Cl][Al]([Cl])[Cl]. The number of nitrogens with two attached hydrogens (primary N) is 1. The summed E-state index contributed by atoms with van der Waals surface area (Å²) in [4.78, 5) is 123. The van der Waals surface area contributed by atoms with E-state index in [4.69, 9.17) is 61.1 Å². The number of nitrogens with zero attached hydrogens (tertiary/aromatic N) is 2. The molecule has 0 bridgehead atoms. The van der Waals surface area contributed by atoms with Crippen LogP contribution in [0.3, 0.4) is 0 Å². The fourth-order valence-electron chi connectivity index (χ4n) is 6.33. The third-order valence-electron chi connectivity index (χ3n) is 9.88. The second-order valence-corrected chi connectivity index (χ2v) is 23.9. The van der Waals surface area contributed by atoms with Gasteiger partial charge in [0.15, 0.2) is 5.78 Å². The number of carbonyl (C=O) groups is 10. The number of benzene rings is 5. The molecular formula is C55H61AlCl3N5O20.